The number of ether oxygens (including phenoxy) is 1. The third-order valence-electron chi connectivity index (χ3n) is 2.60. The van der Waals surface area contributed by atoms with Gasteiger partial charge in [0.05, 0.1) is 19.8 Å². The van der Waals surface area contributed by atoms with Crippen LogP contribution in [0.25, 0.3) is 0 Å². The molecule has 1 rings (SSSR count). The number of methoxy groups -OCH3 is 1. The first-order chi connectivity index (χ1) is 7.27. The van der Waals surface area contributed by atoms with Gasteiger partial charge >= 0.3 is 0 Å². The maximum atomic E-state index is 11.6. The molecule has 15 heavy (non-hydrogen) atoms. The van der Waals surface area contributed by atoms with Gasteiger partial charge in [-0.15, -0.1) is 0 Å². The van der Waals surface area contributed by atoms with E-state index in [9.17, 15) is 4.79 Å². The molecule has 0 radical (unpaired) electrons. The minimum atomic E-state index is 0.0804. The number of aliphatic hydroxyl groups is 1. The van der Waals surface area contributed by atoms with E-state index in [4.69, 9.17) is 9.84 Å². The van der Waals surface area contributed by atoms with E-state index in [-0.39, 0.29) is 12.5 Å². The van der Waals surface area contributed by atoms with Crippen LogP contribution in [0.4, 0.5) is 0 Å². The van der Waals surface area contributed by atoms with Crippen LogP contribution in [0.15, 0.2) is 0 Å². The second kappa shape index (κ2) is 6.76. The second-order valence-electron chi connectivity index (χ2n) is 3.73. The lowest BCUT2D eigenvalue weighted by atomic mass is 10.2. The zero-order valence-electron chi connectivity index (χ0n) is 9.31. The Morgan fingerprint density at radius 3 is 2.67 bits per heavy atom. The van der Waals surface area contributed by atoms with Gasteiger partial charge in [0, 0.05) is 33.3 Å². The number of hydrogen-bond acceptors (Lipinski definition) is 4. The third-order valence-corrected chi connectivity index (χ3v) is 2.60. The summed E-state index contributed by atoms with van der Waals surface area (Å²) >= 11 is 0. The molecule has 0 spiro atoms. The lowest BCUT2D eigenvalue weighted by Crippen LogP contribution is -2.48. The van der Waals surface area contributed by atoms with Crippen LogP contribution < -0.4 is 0 Å². The molecule has 1 N–H and O–H groups in total. The summed E-state index contributed by atoms with van der Waals surface area (Å²) in [5.74, 6) is 0.158. The minimum Gasteiger partial charge on any atom is -0.395 e. The van der Waals surface area contributed by atoms with Gasteiger partial charge in [0.2, 0.25) is 5.91 Å². The molecule has 1 heterocycles. The van der Waals surface area contributed by atoms with Gasteiger partial charge in [0.1, 0.15) is 0 Å². The van der Waals surface area contributed by atoms with Crippen LogP contribution >= 0.6 is 0 Å². The quantitative estimate of drug-likeness (QED) is 0.603. The first-order valence-corrected chi connectivity index (χ1v) is 5.38. The number of carbonyl (C=O) groups is 1. The van der Waals surface area contributed by atoms with Gasteiger partial charge in [0.25, 0.3) is 0 Å². The highest BCUT2D eigenvalue weighted by atomic mass is 16.5. The summed E-state index contributed by atoms with van der Waals surface area (Å²) in [6.07, 6.45) is 1.11. The van der Waals surface area contributed by atoms with Gasteiger partial charge in [-0.3, -0.25) is 9.69 Å². The van der Waals surface area contributed by atoms with Crippen molar-refractivity contribution in [1.29, 1.82) is 0 Å². The Labute approximate surface area is 90.6 Å². The summed E-state index contributed by atoms with van der Waals surface area (Å²) in [5, 5.41) is 8.85. The van der Waals surface area contributed by atoms with E-state index in [1.807, 2.05) is 9.80 Å². The monoisotopic (exact) mass is 216 g/mol. The molecule has 5 nitrogen and oxygen atoms in total. The molecule has 5 heteroatoms. The summed E-state index contributed by atoms with van der Waals surface area (Å²) in [5.41, 5.74) is 0. The highest BCUT2D eigenvalue weighted by molar-refractivity contribution is 5.78. The van der Waals surface area contributed by atoms with Gasteiger partial charge < -0.3 is 14.7 Å². The van der Waals surface area contributed by atoms with Crippen molar-refractivity contribution < 1.29 is 14.6 Å². The highest BCUT2D eigenvalue weighted by Crippen LogP contribution is 2.06. The van der Waals surface area contributed by atoms with E-state index in [0.29, 0.717) is 26.2 Å². The SMILES string of the molecule is COCCN(CCO)CC(=O)N1CCC1. The Balaban J connectivity index is 2.24. The van der Waals surface area contributed by atoms with Crippen molar-refractivity contribution in [2.75, 3.05) is 53.0 Å². The first-order valence-electron chi connectivity index (χ1n) is 5.38. The number of carbonyl (C=O) groups excluding carboxylic acids is 1. The van der Waals surface area contributed by atoms with E-state index < -0.39 is 0 Å². The van der Waals surface area contributed by atoms with Crippen molar-refractivity contribution in [2.24, 2.45) is 0 Å². The molecular formula is C10H20N2O3. The maximum Gasteiger partial charge on any atom is 0.236 e. The van der Waals surface area contributed by atoms with Gasteiger partial charge in [0.15, 0.2) is 0 Å². The number of amides is 1. The van der Waals surface area contributed by atoms with Crippen molar-refractivity contribution in [1.82, 2.24) is 9.80 Å². The van der Waals surface area contributed by atoms with E-state index in [2.05, 4.69) is 0 Å². The van der Waals surface area contributed by atoms with Gasteiger partial charge in [-0.05, 0) is 6.42 Å². The lowest BCUT2D eigenvalue weighted by Gasteiger charge is -2.33. The normalized spacial score (nSPS) is 15.5. The average Bonchev–Trinajstić information content (AvgIpc) is 2.11. The Morgan fingerprint density at radius 1 is 1.47 bits per heavy atom. The lowest BCUT2D eigenvalue weighted by molar-refractivity contribution is -0.136. The summed E-state index contributed by atoms with van der Waals surface area (Å²) in [6.45, 7) is 4.06. The Morgan fingerprint density at radius 2 is 2.20 bits per heavy atom. The molecule has 1 aliphatic rings. The van der Waals surface area contributed by atoms with Crippen molar-refractivity contribution in [3.63, 3.8) is 0 Å². The minimum absolute atomic E-state index is 0.0804. The Bertz CT molecular complexity index is 195. The maximum absolute atomic E-state index is 11.6. The molecule has 0 aromatic carbocycles. The van der Waals surface area contributed by atoms with Crippen molar-refractivity contribution in [3.05, 3.63) is 0 Å². The van der Waals surface area contributed by atoms with Crippen molar-refractivity contribution in [2.45, 2.75) is 6.42 Å². The molecule has 0 aromatic heterocycles. The molecule has 0 bridgehead atoms. The molecule has 1 amide bonds. The molecule has 0 saturated carbocycles. The fourth-order valence-electron chi connectivity index (χ4n) is 1.49. The van der Waals surface area contributed by atoms with Crippen LogP contribution in [0, 0.1) is 0 Å². The molecule has 1 aliphatic heterocycles. The fourth-order valence-corrected chi connectivity index (χ4v) is 1.49. The smallest absolute Gasteiger partial charge is 0.236 e. The molecule has 1 fully saturated rings. The Hall–Kier alpha value is -0.650. The van der Waals surface area contributed by atoms with Crippen LogP contribution in [0.2, 0.25) is 0 Å². The van der Waals surface area contributed by atoms with E-state index >= 15 is 0 Å². The first kappa shape index (κ1) is 12.4. The van der Waals surface area contributed by atoms with Crippen LogP contribution in [-0.4, -0.2) is 73.9 Å². The van der Waals surface area contributed by atoms with Crippen molar-refractivity contribution >= 4 is 5.91 Å². The van der Waals surface area contributed by atoms with E-state index in [1.54, 1.807) is 7.11 Å². The van der Waals surface area contributed by atoms with Crippen molar-refractivity contribution in [3.8, 4) is 0 Å². The van der Waals surface area contributed by atoms with E-state index in [1.165, 1.54) is 0 Å². The number of aliphatic hydroxyl groups excluding tert-OH is 1. The zero-order chi connectivity index (χ0) is 11.1. The summed E-state index contributed by atoms with van der Waals surface area (Å²) < 4.78 is 4.95. The fraction of sp³-hybridized carbons (Fsp3) is 0.900. The summed E-state index contributed by atoms with van der Waals surface area (Å²) in [6, 6.07) is 0. The number of nitrogens with zero attached hydrogens (tertiary/aromatic N) is 2. The van der Waals surface area contributed by atoms with Gasteiger partial charge in [-0.2, -0.15) is 0 Å². The molecular weight excluding hydrogens is 196 g/mol. The predicted octanol–water partition coefficient (Wildman–Crippen LogP) is -0.841. The average molecular weight is 216 g/mol. The highest BCUT2D eigenvalue weighted by Gasteiger charge is 2.21. The Kier molecular flexibility index (Phi) is 5.60. The van der Waals surface area contributed by atoms with Crippen LogP contribution in [-0.2, 0) is 9.53 Å². The van der Waals surface area contributed by atoms with Crippen LogP contribution in [0.3, 0.4) is 0 Å². The third kappa shape index (κ3) is 4.15. The van der Waals surface area contributed by atoms with Crippen LogP contribution in [0.5, 0.6) is 0 Å². The molecule has 88 valence electrons. The standard InChI is InChI=1S/C10H20N2O3/c1-15-8-6-11(5-7-13)9-10(14)12-3-2-4-12/h13H,2-9H2,1H3. The molecule has 0 unspecified atom stereocenters. The van der Waals surface area contributed by atoms with Gasteiger partial charge in [-0.1, -0.05) is 0 Å². The second-order valence-corrected chi connectivity index (χ2v) is 3.73. The molecule has 1 saturated heterocycles. The summed E-state index contributed by atoms with van der Waals surface area (Å²) in [4.78, 5) is 15.4. The molecule has 0 atom stereocenters. The predicted molar refractivity (Wildman–Crippen MR) is 56.6 cm³/mol. The number of rotatable bonds is 7. The van der Waals surface area contributed by atoms with E-state index in [0.717, 1.165) is 19.5 Å². The van der Waals surface area contributed by atoms with Crippen LogP contribution in [0.1, 0.15) is 6.42 Å². The number of hydrogen-bond donors (Lipinski definition) is 1. The largest absolute Gasteiger partial charge is 0.395 e. The molecule has 0 aromatic rings. The zero-order valence-corrected chi connectivity index (χ0v) is 9.31. The molecule has 0 aliphatic carbocycles. The number of likely N-dealkylation sites (tertiary alicyclic amines) is 1. The topological polar surface area (TPSA) is 53.0 Å². The summed E-state index contributed by atoms with van der Waals surface area (Å²) in [7, 11) is 1.63. The van der Waals surface area contributed by atoms with Gasteiger partial charge in [-0.25, -0.2) is 0 Å².